The summed E-state index contributed by atoms with van der Waals surface area (Å²) in [6, 6.07) is 59.3. The van der Waals surface area contributed by atoms with E-state index < -0.39 is 0 Å². The van der Waals surface area contributed by atoms with Crippen molar-refractivity contribution in [3.8, 4) is 51.2 Å². The van der Waals surface area contributed by atoms with Crippen LogP contribution in [0.4, 0.5) is 0 Å². The number of imidazole rings is 3. The van der Waals surface area contributed by atoms with E-state index in [0.29, 0.717) is 0 Å². The Morgan fingerprint density at radius 1 is 0.429 bits per heavy atom. The van der Waals surface area contributed by atoms with Crippen molar-refractivity contribution in [3.05, 3.63) is 180 Å². The minimum Gasteiger partial charge on any atom is -0.292 e. The number of fused-ring (bicyclic) bond motifs is 3. The zero-order valence-electron chi connectivity index (χ0n) is 37.8. The molecule has 10 aromatic rings. The summed E-state index contributed by atoms with van der Waals surface area (Å²) in [7, 11) is 0. The normalized spacial score (nSPS) is 12.5. The molecule has 7 aromatic carbocycles. The summed E-state index contributed by atoms with van der Waals surface area (Å²) >= 11 is 0. The lowest BCUT2D eigenvalue weighted by molar-refractivity contribution is -0.554. The number of hydrogen-bond acceptors (Lipinski definition) is 2. The summed E-state index contributed by atoms with van der Waals surface area (Å²) in [6.45, 7) is 20.3. The maximum atomic E-state index is 5.43. The number of benzene rings is 7. The Hall–Kier alpha value is -7.05. The molecule has 0 unspecified atom stereocenters. The van der Waals surface area contributed by atoms with Crippen molar-refractivity contribution >= 4 is 33.1 Å². The highest BCUT2D eigenvalue weighted by atomic mass is 15.1. The molecule has 6 heteroatoms. The molecule has 0 atom stereocenters. The highest BCUT2D eigenvalue weighted by Gasteiger charge is 2.27. The van der Waals surface area contributed by atoms with E-state index in [-0.39, 0.29) is 16.2 Å². The molecule has 0 bridgehead atoms. The van der Waals surface area contributed by atoms with Gasteiger partial charge in [0.2, 0.25) is 0 Å². The number of aromatic nitrogens is 6. The van der Waals surface area contributed by atoms with Crippen LogP contribution in [0.2, 0.25) is 0 Å². The van der Waals surface area contributed by atoms with Gasteiger partial charge in [-0.1, -0.05) is 135 Å². The van der Waals surface area contributed by atoms with Gasteiger partial charge in [-0.05, 0) is 124 Å². The van der Waals surface area contributed by atoms with Gasteiger partial charge < -0.3 is 0 Å². The van der Waals surface area contributed by atoms with Crippen LogP contribution in [0.3, 0.4) is 0 Å². The molecule has 0 saturated heterocycles. The summed E-state index contributed by atoms with van der Waals surface area (Å²) < 4.78 is 6.97. The van der Waals surface area contributed by atoms with E-state index >= 15 is 0 Å². The lowest BCUT2D eigenvalue weighted by Gasteiger charge is -2.20. The van der Waals surface area contributed by atoms with Gasteiger partial charge in [-0.3, -0.25) is 9.13 Å². The predicted octanol–water partition coefficient (Wildman–Crippen LogP) is 14.0. The minimum atomic E-state index is 0.0299. The molecule has 6 nitrogen and oxygen atoms in total. The topological polar surface area (TPSA) is 55.3 Å². The van der Waals surface area contributed by atoms with Gasteiger partial charge in [-0.25, -0.2) is 15.0 Å². The van der Waals surface area contributed by atoms with Crippen molar-refractivity contribution in [2.45, 2.75) is 78.6 Å². The highest BCUT2D eigenvalue weighted by Crippen LogP contribution is 2.38. The van der Waals surface area contributed by atoms with Gasteiger partial charge in [0.1, 0.15) is 17.3 Å². The second kappa shape index (κ2) is 14.8. The van der Waals surface area contributed by atoms with E-state index in [1.807, 2.05) is 0 Å². The number of nitrogens with zero attached hydrogens (tertiary/aromatic N) is 5. The molecular formula is C57H55N6+. The molecule has 312 valence electrons. The number of aromatic amines is 1. The Morgan fingerprint density at radius 2 is 0.825 bits per heavy atom. The van der Waals surface area contributed by atoms with Crippen LogP contribution in [0, 0.1) is 0 Å². The zero-order chi connectivity index (χ0) is 43.8. The first kappa shape index (κ1) is 40.0. The number of H-pyrrole nitrogens is 1. The van der Waals surface area contributed by atoms with Gasteiger partial charge in [0.05, 0.1) is 27.6 Å². The van der Waals surface area contributed by atoms with Crippen molar-refractivity contribution in [1.29, 1.82) is 0 Å². The second-order valence-electron chi connectivity index (χ2n) is 20.0. The van der Waals surface area contributed by atoms with Crippen molar-refractivity contribution in [2.75, 3.05) is 0 Å². The van der Waals surface area contributed by atoms with Crippen LogP contribution in [0.25, 0.3) is 84.3 Å². The van der Waals surface area contributed by atoms with Gasteiger partial charge in [-0.2, -0.15) is 4.57 Å². The van der Waals surface area contributed by atoms with Crippen molar-refractivity contribution in [2.24, 2.45) is 0 Å². The SMILES string of the molecule is CC(C)(C)c1ccc(-n2c(-c3cc(-c4nc5ccccc5n4-c4ccc(C(C)(C)C)cc4)cc(-c4[nH]c5ccccc5[n+]4-c4ccc(C(C)(C)C)cc4)c3)nc3ccccc32)cc1. The van der Waals surface area contributed by atoms with E-state index in [1.54, 1.807) is 0 Å². The van der Waals surface area contributed by atoms with Crippen LogP contribution in [0.15, 0.2) is 164 Å². The molecule has 0 fully saturated rings. The number of rotatable bonds is 6. The first-order valence-corrected chi connectivity index (χ1v) is 22.1. The van der Waals surface area contributed by atoms with E-state index in [4.69, 9.17) is 9.97 Å². The molecule has 10 rings (SSSR count). The third-order valence-corrected chi connectivity index (χ3v) is 12.4. The molecule has 63 heavy (non-hydrogen) atoms. The maximum Gasteiger partial charge on any atom is 0.292 e. The van der Waals surface area contributed by atoms with Crippen molar-refractivity contribution in [1.82, 2.24) is 24.1 Å². The third kappa shape index (κ3) is 7.23. The fraction of sp³-hybridized carbons (Fsp3) is 0.211. The summed E-state index contributed by atoms with van der Waals surface area (Å²) in [4.78, 5) is 14.7. The average Bonchev–Trinajstić information content (AvgIpc) is 3.98. The van der Waals surface area contributed by atoms with Gasteiger partial charge in [-0.15, -0.1) is 0 Å². The minimum absolute atomic E-state index is 0.0299. The van der Waals surface area contributed by atoms with Crippen LogP contribution in [-0.2, 0) is 16.2 Å². The van der Waals surface area contributed by atoms with Crippen LogP contribution < -0.4 is 4.57 Å². The molecule has 0 aliphatic rings. The summed E-state index contributed by atoms with van der Waals surface area (Å²) in [5.74, 6) is 2.69. The summed E-state index contributed by atoms with van der Waals surface area (Å²) in [5, 5.41) is 0. The fourth-order valence-corrected chi connectivity index (χ4v) is 8.86. The molecule has 0 saturated carbocycles. The Kier molecular flexibility index (Phi) is 9.41. The third-order valence-electron chi connectivity index (χ3n) is 12.4. The largest absolute Gasteiger partial charge is 0.292 e. The molecule has 3 heterocycles. The highest BCUT2D eigenvalue weighted by molar-refractivity contribution is 5.88. The molecule has 1 N–H and O–H groups in total. The molecule has 0 radical (unpaired) electrons. The van der Waals surface area contributed by atoms with E-state index in [1.165, 1.54) is 16.7 Å². The summed E-state index contributed by atoms with van der Waals surface area (Å²) in [6.07, 6.45) is 0. The Bertz CT molecular complexity index is 2930. The quantitative estimate of drug-likeness (QED) is 0.170. The predicted molar refractivity (Wildman–Crippen MR) is 261 cm³/mol. The van der Waals surface area contributed by atoms with Crippen LogP contribution in [-0.4, -0.2) is 24.1 Å². The Morgan fingerprint density at radius 3 is 1.29 bits per heavy atom. The monoisotopic (exact) mass is 823 g/mol. The van der Waals surface area contributed by atoms with Crippen molar-refractivity contribution in [3.63, 3.8) is 0 Å². The van der Waals surface area contributed by atoms with Crippen LogP contribution in [0.1, 0.15) is 79.0 Å². The fourth-order valence-electron chi connectivity index (χ4n) is 8.86. The molecule has 0 amide bonds. The standard InChI is InChI=1S/C57H54N6/c1-55(2,3)40-22-28-43(29-23-40)61-49-19-13-10-16-46(49)58-52(61)37-34-38(53-59-47-17-11-14-20-50(47)62(53)44-30-24-41(25-31-44)56(4,5)6)36-39(35-37)54-60-48-18-12-15-21-51(48)63(54)45-32-26-42(27-33-45)57(7,8)9/h10-36H,1-9H3/p+1. The molecule has 3 aromatic heterocycles. The van der Waals surface area contributed by atoms with E-state index in [9.17, 15) is 0 Å². The maximum absolute atomic E-state index is 5.43. The van der Waals surface area contributed by atoms with Gasteiger partial charge in [0, 0.05) is 22.5 Å². The van der Waals surface area contributed by atoms with Gasteiger partial charge >= 0.3 is 0 Å². The molecule has 0 aliphatic heterocycles. The number of nitrogens with one attached hydrogen (secondary N) is 1. The first-order chi connectivity index (χ1) is 30.1. The van der Waals surface area contributed by atoms with Gasteiger partial charge in [0.15, 0.2) is 11.0 Å². The Labute approximate surface area is 370 Å². The number of hydrogen-bond donors (Lipinski definition) is 1. The van der Waals surface area contributed by atoms with Crippen molar-refractivity contribution < 1.29 is 4.57 Å². The number of para-hydroxylation sites is 6. The first-order valence-electron chi connectivity index (χ1n) is 22.1. The van der Waals surface area contributed by atoms with Crippen LogP contribution >= 0.6 is 0 Å². The molecular weight excluding hydrogens is 769 g/mol. The molecule has 0 aliphatic carbocycles. The molecule has 0 spiro atoms. The zero-order valence-corrected chi connectivity index (χ0v) is 37.8. The van der Waals surface area contributed by atoms with E-state index in [2.05, 4.69) is 245 Å². The second-order valence-corrected chi connectivity index (χ2v) is 20.0. The lowest BCUT2D eigenvalue weighted by Crippen LogP contribution is -2.32. The summed E-state index contributed by atoms with van der Waals surface area (Å²) in [5.41, 5.74) is 16.3. The Balaban J connectivity index is 1.27. The van der Waals surface area contributed by atoms with Crippen LogP contribution in [0.5, 0.6) is 0 Å². The van der Waals surface area contributed by atoms with Gasteiger partial charge in [0.25, 0.3) is 5.82 Å². The smallest absolute Gasteiger partial charge is 0.292 e. The lowest BCUT2D eigenvalue weighted by atomic mass is 9.87. The van der Waals surface area contributed by atoms with E-state index in [0.717, 1.165) is 84.3 Å². The average molecular weight is 824 g/mol.